The summed E-state index contributed by atoms with van der Waals surface area (Å²) in [7, 11) is 2.88. The number of carbonyl (C=O) groups is 1. The van der Waals surface area contributed by atoms with Crippen LogP contribution in [0.25, 0.3) is 11.2 Å². The van der Waals surface area contributed by atoms with Gasteiger partial charge in [-0.25, -0.2) is 4.79 Å². The molecule has 0 aliphatic heterocycles. The number of hydrogen-bond acceptors (Lipinski definition) is 5. The lowest BCUT2D eigenvalue weighted by atomic mass is 10.3. The molecule has 0 aromatic carbocycles. The zero-order chi connectivity index (χ0) is 15.9. The van der Waals surface area contributed by atoms with Crippen LogP contribution in [0.15, 0.2) is 9.59 Å². The molecule has 0 bridgehead atoms. The van der Waals surface area contributed by atoms with Crippen molar-refractivity contribution < 1.29 is 9.90 Å². The van der Waals surface area contributed by atoms with Gasteiger partial charge in [-0.15, -0.1) is 0 Å². The van der Waals surface area contributed by atoms with Gasteiger partial charge < -0.3 is 15.0 Å². The number of carboxylic acids is 1. The van der Waals surface area contributed by atoms with Crippen molar-refractivity contribution in [2.75, 3.05) is 11.4 Å². The molecule has 2 aromatic rings. The number of nitrogens with one attached hydrogen (secondary N) is 1. The molecule has 2 aromatic heterocycles. The fraction of sp³-hybridized carbons (Fsp3) is 0.500. The van der Waals surface area contributed by atoms with E-state index in [0.29, 0.717) is 0 Å². The molecule has 0 unspecified atom stereocenters. The van der Waals surface area contributed by atoms with Gasteiger partial charge in [0, 0.05) is 20.1 Å². The molecular formula is C12H17N5O4. The van der Waals surface area contributed by atoms with Crippen molar-refractivity contribution in [2.24, 2.45) is 14.1 Å². The van der Waals surface area contributed by atoms with Crippen LogP contribution in [0.3, 0.4) is 0 Å². The van der Waals surface area contributed by atoms with Gasteiger partial charge >= 0.3 is 11.7 Å². The van der Waals surface area contributed by atoms with E-state index >= 15 is 0 Å². The first kappa shape index (κ1) is 14.8. The van der Waals surface area contributed by atoms with Gasteiger partial charge in [-0.3, -0.25) is 18.7 Å². The van der Waals surface area contributed by atoms with Crippen LogP contribution in [0.4, 0.5) is 5.95 Å². The summed E-state index contributed by atoms with van der Waals surface area (Å²) < 4.78 is 2.22. The van der Waals surface area contributed by atoms with Crippen molar-refractivity contribution in [1.82, 2.24) is 19.1 Å². The summed E-state index contributed by atoms with van der Waals surface area (Å²) in [6, 6.07) is -0.137. The maximum Gasteiger partial charge on any atom is 0.332 e. The van der Waals surface area contributed by atoms with E-state index in [-0.39, 0.29) is 29.7 Å². The van der Waals surface area contributed by atoms with Crippen molar-refractivity contribution in [2.45, 2.75) is 19.9 Å². The van der Waals surface area contributed by atoms with Crippen molar-refractivity contribution in [1.29, 1.82) is 0 Å². The predicted molar refractivity (Wildman–Crippen MR) is 76.7 cm³/mol. The van der Waals surface area contributed by atoms with Gasteiger partial charge in [-0.1, -0.05) is 0 Å². The topological polar surface area (TPSA) is 113 Å². The van der Waals surface area contributed by atoms with Crippen LogP contribution in [0.2, 0.25) is 0 Å². The smallest absolute Gasteiger partial charge is 0.332 e. The second-order valence-corrected chi connectivity index (χ2v) is 5.08. The lowest BCUT2D eigenvalue weighted by Gasteiger charge is -2.23. The Hall–Kier alpha value is -2.58. The molecule has 2 N–H and O–H groups in total. The fourth-order valence-electron chi connectivity index (χ4n) is 2.10. The minimum absolute atomic E-state index is 0.137. The Balaban J connectivity index is 2.70. The summed E-state index contributed by atoms with van der Waals surface area (Å²) in [6.07, 6.45) is 0. The number of aromatic nitrogens is 4. The number of rotatable bonds is 4. The average Bonchev–Trinajstić information content (AvgIpc) is 2.84. The molecule has 0 saturated heterocycles. The number of nitrogens with zero attached hydrogens (tertiary/aromatic N) is 4. The first-order valence-corrected chi connectivity index (χ1v) is 6.38. The molecule has 0 spiro atoms. The number of H-pyrrole nitrogens is 1. The first-order chi connectivity index (χ1) is 9.73. The lowest BCUT2D eigenvalue weighted by molar-refractivity contribution is -0.135. The van der Waals surface area contributed by atoms with E-state index in [4.69, 9.17) is 5.11 Å². The highest BCUT2D eigenvalue weighted by Gasteiger charge is 2.20. The van der Waals surface area contributed by atoms with Gasteiger partial charge in [0.25, 0.3) is 5.56 Å². The maximum absolute atomic E-state index is 12.1. The van der Waals surface area contributed by atoms with Gasteiger partial charge in [0.05, 0.1) is 0 Å². The molecule has 0 aliphatic carbocycles. The Morgan fingerprint density at radius 2 is 1.95 bits per heavy atom. The van der Waals surface area contributed by atoms with E-state index in [1.54, 1.807) is 0 Å². The molecule has 21 heavy (non-hydrogen) atoms. The van der Waals surface area contributed by atoms with E-state index < -0.39 is 17.2 Å². The zero-order valence-electron chi connectivity index (χ0n) is 12.2. The Morgan fingerprint density at radius 1 is 1.33 bits per heavy atom. The number of fused-ring (bicyclic) bond motifs is 1. The Morgan fingerprint density at radius 3 is 2.48 bits per heavy atom. The molecule has 2 heterocycles. The molecule has 9 nitrogen and oxygen atoms in total. The highest BCUT2D eigenvalue weighted by atomic mass is 16.4. The van der Waals surface area contributed by atoms with E-state index in [0.717, 1.165) is 4.57 Å². The number of aliphatic carboxylic acids is 1. The summed E-state index contributed by atoms with van der Waals surface area (Å²) in [6.45, 7) is 3.37. The molecule has 0 saturated carbocycles. The molecule has 0 fully saturated rings. The normalized spacial score (nSPS) is 11.3. The summed E-state index contributed by atoms with van der Waals surface area (Å²) in [5, 5.41) is 8.96. The van der Waals surface area contributed by atoms with Crippen LogP contribution in [-0.4, -0.2) is 42.8 Å². The van der Waals surface area contributed by atoms with Crippen molar-refractivity contribution >= 4 is 23.1 Å². The molecule has 9 heteroatoms. The monoisotopic (exact) mass is 295 g/mol. The van der Waals surface area contributed by atoms with Crippen LogP contribution in [0, 0.1) is 0 Å². The predicted octanol–water partition coefficient (Wildman–Crippen LogP) is -0.740. The Labute approximate surface area is 119 Å². The molecule has 2 rings (SSSR count). The summed E-state index contributed by atoms with van der Waals surface area (Å²) >= 11 is 0. The largest absolute Gasteiger partial charge is 0.480 e. The minimum atomic E-state index is -1.01. The van der Waals surface area contributed by atoms with E-state index in [1.165, 1.54) is 23.6 Å². The van der Waals surface area contributed by atoms with Crippen LogP contribution in [0.1, 0.15) is 13.8 Å². The summed E-state index contributed by atoms with van der Waals surface area (Å²) in [4.78, 5) is 43.4. The van der Waals surface area contributed by atoms with Crippen molar-refractivity contribution in [3.63, 3.8) is 0 Å². The second-order valence-electron chi connectivity index (χ2n) is 5.08. The van der Waals surface area contributed by atoms with Crippen LogP contribution < -0.4 is 16.1 Å². The molecular weight excluding hydrogens is 278 g/mol. The van der Waals surface area contributed by atoms with Crippen LogP contribution >= 0.6 is 0 Å². The van der Waals surface area contributed by atoms with E-state index in [9.17, 15) is 14.4 Å². The third-order valence-corrected chi connectivity index (χ3v) is 3.28. The summed E-state index contributed by atoms with van der Waals surface area (Å²) in [5.41, 5.74) is -0.606. The average molecular weight is 295 g/mol. The van der Waals surface area contributed by atoms with Crippen LogP contribution in [0.5, 0.6) is 0 Å². The van der Waals surface area contributed by atoms with E-state index in [1.807, 2.05) is 13.8 Å². The van der Waals surface area contributed by atoms with Crippen molar-refractivity contribution in [3.05, 3.63) is 20.8 Å². The second kappa shape index (κ2) is 5.08. The standard InChI is InChI=1S/C12H17N5O4/c1-6(2)17(5-7(18)19)11-13-8-9(14-11)15(3)12(21)16(4)10(8)20/h6H,5H2,1-4H3,(H,13,14)(H,18,19). The van der Waals surface area contributed by atoms with Gasteiger partial charge in [-0.05, 0) is 13.8 Å². The molecule has 0 aliphatic rings. The van der Waals surface area contributed by atoms with E-state index in [2.05, 4.69) is 9.97 Å². The highest BCUT2D eigenvalue weighted by molar-refractivity contribution is 5.76. The molecule has 0 atom stereocenters. The van der Waals surface area contributed by atoms with Crippen LogP contribution in [-0.2, 0) is 18.9 Å². The van der Waals surface area contributed by atoms with Gasteiger partial charge in [-0.2, -0.15) is 4.98 Å². The Bertz CT molecular complexity index is 813. The molecule has 0 radical (unpaired) electrons. The first-order valence-electron chi connectivity index (χ1n) is 6.38. The van der Waals surface area contributed by atoms with Crippen molar-refractivity contribution in [3.8, 4) is 0 Å². The number of anilines is 1. The fourth-order valence-corrected chi connectivity index (χ4v) is 2.10. The number of imidazole rings is 1. The number of carboxylic acid groups (broad SMARTS) is 1. The number of hydrogen-bond donors (Lipinski definition) is 2. The zero-order valence-corrected chi connectivity index (χ0v) is 12.2. The van der Waals surface area contributed by atoms with Gasteiger partial charge in [0.2, 0.25) is 5.95 Å². The SMILES string of the molecule is CC(C)N(CC(=O)O)c1nc2c([nH]1)c(=O)n(C)c(=O)n2C. The lowest BCUT2D eigenvalue weighted by Crippen LogP contribution is -2.36. The number of aromatic amines is 1. The maximum atomic E-state index is 12.1. The molecule has 0 amide bonds. The molecule has 114 valence electrons. The Kier molecular flexibility index (Phi) is 3.58. The third kappa shape index (κ3) is 2.41. The highest BCUT2D eigenvalue weighted by Crippen LogP contribution is 2.15. The van der Waals surface area contributed by atoms with Gasteiger partial charge in [0.15, 0.2) is 11.2 Å². The third-order valence-electron chi connectivity index (χ3n) is 3.28. The summed E-state index contributed by atoms with van der Waals surface area (Å²) in [5.74, 6) is -0.758. The minimum Gasteiger partial charge on any atom is -0.480 e. The van der Waals surface area contributed by atoms with Gasteiger partial charge in [0.1, 0.15) is 6.54 Å². The quantitative estimate of drug-likeness (QED) is 0.768. The number of aryl methyl sites for hydroxylation is 1.